The van der Waals surface area contributed by atoms with Crippen LogP contribution in [0.1, 0.15) is 6.92 Å². The van der Waals surface area contributed by atoms with Gasteiger partial charge in [-0.3, -0.25) is 0 Å². The smallest absolute Gasteiger partial charge is 0.357 e. The number of hydrogen-bond donors (Lipinski definition) is 1. The molecule has 0 bridgehead atoms. The SMILES string of the molecule is CCOC(=O)C(CCl)=NO. The van der Waals surface area contributed by atoms with Crippen molar-refractivity contribution in [3.63, 3.8) is 0 Å². The Morgan fingerprint density at radius 3 is 2.70 bits per heavy atom. The molecule has 58 valence electrons. The maximum Gasteiger partial charge on any atom is 0.357 e. The van der Waals surface area contributed by atoms with Crippen molar-refractivity contribution >= 4 is 23.3 Å². The molecule has 0 aromatic heterocycles. The number of ether oxygens (including phenoxy) is 1. The van der Waals surface area contributed by atoms with Crippen LogP contribution in [0.15, 0.2) is 5.16 Å². The Labute approximate surface area is 63.4 Å². The van der Waals surface area contributed by atoms with E-state index in [1.807, 2.05) is 0 Å². The lowest BCUT2D eigenvalue weighted by molar-refractivity contribution is -0.135. The fraction of sp³-hybridized carbons (Fsp3) is 0.600. The molecule has 0 spiro atoms. The highest BCUT2D eigenvalue weighted by molar-refractivity contribution is 6.47. The molecule has 0 aliphatic heterocycles. The quantitative estimate of drug-likeness (QED) is 0.219. The third-order valence-corrected chi connectivity index (χ3v) is 1.01. The van der Waals surface area contributed by atoms with Gasteiger partial charge >= 0.3 is 5.97 Å². The van der Waals surface area contributed by atoms with E-state index >= 15 is 0 Å². The van der Waals surface area contributed by atoms with Crippen molar-refractivity contribution in [2.24, 2.45) is 5.16 Å². The molecule has 0 aromatic rings. The summed E-state index contributed by atoms with van der Waals surface area (Å²) in [5, 5.41) is 10.8. The van der Waals surface area contributed by atoms with Gasteiger partial charge in [-0.05, 0) is 6.92 Å². The second kappa shape index (κ2) is 5.05. The summed E-state index contributed by atoms with van der Waals surface area (Å²) in [6.07, 6.45) is 0. The van der Waals surface area contributed by atoms with E-state index in [1.54, 1.807) is 6.92 Å². The topological polar surface area (TPSA) is 58.9 Å². The van der Waals surface area contributed by atoms with E-state index < -0.39 is 5.97 Å². The number of alkyl halides is 1. The predicted octanol–water partition coefficient (Wildman–Crippen LogP) is 0.619. The normalized spacial score (nSPS) is 11.2. The summed E-state index contributed by atoms with van der Waals surface area (Å²) >= 11 is 5.21. The number of hydrogen-bond acceptors (Lipinski definition) is 4. The van der Waals surface area contributed by atoms with Gasteiger partial charge < -0.3 is 9.94 Å². The average molecular weight is 166 g/mol. The minimum absolute atomic E-state index is 0.144. The zero-order chi connectivity index (χ0) is 7.98. The molecule has 0 aliphatic rings. The Balaban J connectivity index is 3.91. The van der Waals surface area contributed by atoms with Crippen molar-refractivity contribution in [3.05, 3.63) is 0 Å². The van der Waals surface area contributed by atoms with Crippen LogP contribution in [0.2, 0.25) is 0 Å². The highest BCUT2D eigenvalue weighted by Crippen LogP contribution is 1.87. The summed E-state index contributed by atoms with van der Waals surface area (Å²) in [4.78, 5) is 10.6. The minimum atomic E-state index is -0.681. The van der Waals surface area contributed by atoms with Crippen LogP contribution in [0.4, 0.5) is 0 Å². The molecule has 10 heavy (non-hydrogen) atoms. The van der Waals surface area contributed by atoms with Gasteiger partial charge in [0.2, 0.25) is 0 Å². The van der Waals surface area contributed by atoms with Crippen molar-refractivity contribution in [2.45, 2.75) is 6.92 Å². The van der Waals surface area contributed by atoms with Gasteiger partial charge in [0.1, 0.15) is 0 Å². The predicted molar refractivity (Wildman–Crippen MR) is 36.6 cm³/mol. The van der Waals surface area contributed by atoms with Crippen LogP contribution in [0.5, 0.6) is 0 Å². The lowest BCUT2D eigenvalue weighted by Gasteiger charge is -1.98. The Kier molecular flexibility index (Phi) is 4.66. The van der Waals surface area contributed by atoms with Crippen LogP contribution < -0.4 is 0 Å². The first-order valence-corrected chi connectivity index (χ1v) is 3.23. The van der Waals surface area contributed by atoms with Crippen LogP contribution in [0.3, 0.4) is 0 Å². The van der Waals surface area contributed by atoms with E-state index in [0.717, 1.165) is 0 Å². The van der Waals surface area contributed by atoms with Crippen molar-refractivity contribution in [3.8, 4) is 0 Å². The largest absolute Gasteiger partial charge is 0.461 e. The molecule has 0 radical (unpaired) electrons. The third-order valence-electron chi connectivity index (χ3n) is 0.758. The molecule has 4 nitrogen and oxygen atoms in total. The summed E-state index contributed by atoms with van der Waals surface area (Å²) < 4.78 is 4.47. The van der Waals surface area contributed by atoms with Crippen molar-refractivity contribution in [1.29, 1.82) is 0 Å². The first-order valence-electron chi connectivity index (χ1n) is 2.70. The Hall–Kier alpha value is -0.770. The van der Waals surface area contributed by atoms with Crippen LogP contribution in [-0.4, -0.2) is 29.4 Å². The molecule has 0 amide bonds. The molecule has 0 aromatic carbocycles. The Morgan fingerprint density at radius 1 is 1.80 bits per heavy atom. The molecule has 0 saturated heterocycles. The maximum absolute atomic E-state index is 10.6. The summed E-state index contributed by atoms with van der Waals surface area (Å²) in [6.45, 7) is 1.90. The first-order chi connectivity index (χ1) is 4.76. The van der Waals surface area contributed by atoms with Gasteiger partial charge in [0.05, 0.1) is 12.5 Å². The second-order valence-electron chi connectivity index (χ2n) is 1.40. The lowest BCUT2D eigenvalue weighted by atomic mass is 10.4. The molecule has 0 atom stereocenters. The van der Waals surface area contributed by atoms with Gasteiger partial charge in [0.15, 0.2) is 5.71 Å². The van der Waals surface area contributed by atoms with Crippen LogP contribution in [-0.2, 0) is 9.53 Å². The molecule has 0 fully saturated rings. The first kappa shape index (κ1) is 9.23. The summed E-state index contributed by atoms with van der Waals surface area (Å²) in [7, 11) is 0. The Bertz CT molecular complexity index is 146. The summed E-state index contributed by atoms with van der Waals surface area (Å²) in [5.41, 5.74) is -0.177. The highest BCUT2D eigenvalue weighted by atomic mass is 35.5. The molecule has 0 saturated carbocycles. The molecule has 5 heteroatoms. The number of carbonyl (C=O) groups is 1. The van der Waals surface area contributed by atoms with E-state index in [4.69, 9.17) is 16.8 Å². The van der Waals surface area contributed by atoms with E-state index in [9.17, 15) is 4.79 Å². The summed E-state index contributed by atoms with van der Waals surface area (Å²) in [6, 6.07) is 0. The standard InChI is InChI=1S/C5H8ClNO3/c1-2-10-5(8)4(3-6)7-9/h9H,2-3H2,1H3. The van der Waals surface area contributed by atoms with Crippen LogP contribution >= 0.6 is 11.6 Å². The van der Waals surface area contributed by atoms with Gasteiger partial charge in [-0.25, -0.2) is 4.79 Å². The molecule has 0 rings (SSSR count). The number of carbonyl (C=O) groups excluding carboxylic acids is 1. The van der Waals surface area contributed by atoms with E-state index in [2.05, 4.69) is 9.89 Å². The van der Waals surface area contributed by atoms with Gasteiger partial charge in [-0.1, -0.05) is 5.16 Å². The van der Waals surface area contributed by atoms with Crippen LogP contribution in [0, 0.1) is 0 Å². The zero-order valence-corrected chi connectivity index (χ0v) is 6.26. The van der Waals surface area contributed by atoms with Crippen LogP contribution in [0.25, 0.3) is 0 Å². The maximum atomic E-state index is 10.6. The highest BCUT2D eigenvalue weighted by Gasteiger charge is 2.10. The third kappa shape index (κ3) is 2.68. The van der Waals surface area contributed by atoms with Gasteiger partial charge in [0, 0.05) is 0 Å². The van der Waals surface area contributed by atoms with E-state index in [-0.39, 0.29) is 18.2 Å². The molecular formula is C5H8ClNO3. The zero-order valence-electron chi connectivity index (χ0n) is 5.50. The molecule has 0 heterocycles. The second-order valence-corrected chi connectivity index (χ2v) is 1.67. The number of rotatable bonds is 3. The number of oxime groups is 1. The number of esters is 1. The lowest BCUT2D eigenvalue weighted by Crippen LogP contribution is -2.18. The average Bonchev–Trinajstić information content (AvgIpc) is 1.91. The van der Waals surface area contributed by atoms with Gasteiger partial charge in [-0.15, -0.1) is 11.6 Å². The molecule has 0 aliphatic carbocycles. The molecule has 0 unspecified atom stereocenters. The molecule has 1 N–H and O–H groups in total. The fourth-order valence-electron chi connectivity index (χ4n) is 0.337. The van der Waals surface area contributed by atoms with Gasteiger partial charge in [-0.2, -0.15) is 0 Å². The van der Waals surface area contributed by atoms with Crippen molar-refractivity contribution < 1.29 is 14.7 Å². The van der Waals surface area contributed by atoms with Crippen molar-refractivity contribution in [2.75, 3.05) is 12.5 Å². The van der Waals surface area contributed by atoms with E-state index in [0.29, 0.717) is 0 Å². The monoisotopic (exact) mass is 165 g/mol. The number of halogens is 1. The van der Waals surface area contributed by atoms with Gasteiger partial charge in [0.25, 0.3) is 0 Å². The Morgan fingerprint density at radius 2 is 2.40 bits per heavy atom. The number of nitrogens with zero attached hydrogens (tertiary/aromatic N) is 1. The molecular weight excluding hydrogens is 158 g/mol. The minimum Gasteiger partial charge on any atom is -0.461 e. The summed E-state index contributed by atoms with van der Waals surface area (Å²) in [5.74, 6) is -0.824. The van der Waals surface area contributed by atoms with E-state index in [1.165, 1.54) is 0 Å². The van der Waals surface area contributed by atoms with Crippen molar-refractivity contribution in [1.82, 2.24) is 0 Å². The fourth-order valence-corrected chi connectivity index (χ4v) is 0.499.